The minimum absolute atomic E-state index is 0.209. The highest BCUT2D eigenvalue weighted by Crippen LogP contribution is 2.21. The quantitative estimate of drug-likeness (QED) is 0.155. The van der Waals surface area contributed by atoms with E-state index in [1.165, 1.54) is 90.1 Å². The van der Waals surface area contributed by atoms with Gasteiger partial charge in [-0.05, 0) is 62.7 Å². The maximum absolute atomic E-state index is 11.3. The third-order valence-corrected chi connectivity index (χ3v) is 5.97. The molecular formula is C32H51NO3. The number of ether oxygens (including phenoxy) is 2. The molecule has 4 nitrogen and oxygen atoms in total. The van der Waals surface area contributed by atoms with E-state index in [1.807, 2.05) is 54.6 Å². The Labute approximate surface area is 221 Å². The predicted octanol–water partition coefficient (Wildman–Crippen LogP) is 8.88. The SMILES string of the molecule is CCCCCCCCNCCCCCCCC.CCOC(=O)Cc1ccc(Oc2ccccc2)cc1. The van der Waals surface area contributed by atoms with Crippen molar-refractivity contribution in [1.29, 1.82) is 0 Å². The van der Waals surface area contributed by atoms with Gasteiger partial charge in [-0.1, -0.05) is 108 Å². The van der Waals surface area contributed by atoms with Gasteiger partial charge in [-0.2, -0.15) is 0 Å². The Hall–Kier alpha value is -2.33. The highest BCUT2D eigenvalue weighted by molar-refractivity contribution is 5.72. The van der Waals surface area contributed by atoms with Crippen molar-refractivity contribution in [2.45, 2.75) is 104 Å². The Morgan fingerprint density at radius 2 is 1.14 bits per heavy atom. The zero-order valence-corrected chi connectivity index (χ0v) is 23.2. The second kappa shape index (κ2) is 23.1. The van der Waals surface area contributed by atoms with Crippen molar-refractivity contribution in [2.75, 3.05) is 19.7 Å². The molecule has 1 N–H and O–H groups in total. The van der Waals surface area contributed by atoms with E-state index in [1.54, 1.807) is 6.92 Å². The summed E-state index contributed by atoms with van der Waals surface area (Å²) in [5, 5.41) is 3.57. The molecule has 0 aliphatic carbocycles. The molecule has 2 rings (SSSR count). The standard InChI is InChI=1S/C16H35N.C16H16O3/c1-3-5-7-9-11-13-15-17-16-14-12-10-8-6-4-2;1-2-18-16(17)12-13-8-10-15(11-9-13)19-14-6-4-3-5-7-14/h17H,3-16H2,1-2H3;3-11H,2,12H2,1H3. The van der Waals surface area contributed by atoms with Crippen LogP contribution < -0.4 is 10.1 Å². The van der Waals surface area contributed by atoms with Crippen molar-refractivity contribution >= 4 is 5.97 Å². The molecule has 0 spiro atoms. The monoisotopic (exact) mass is 497 g/mol. The number of para-hydroxylation sites is 1. The van der Waals surface area contributed by atoms with Crippen LogP contribution in [0.4, 0.5) is 0 Å². The lowest BCUT2D eigenvalue weighted by Crippen LogP contribution is -2.16. The number of benzene rings is 2. The van der Waals surface area contributed by atoms with Gasteiger partial charge in [0.2, 0.25) is 0 Å². The average Bonchev–Trinajstić information content (AvgIpc) is 2.89. The molecule has 0 radical (unpaired) electrons. The highest BCUT2D eigenvalue weighted by Gasteiger charge is 2.04. The minimum atomic E-state index is -0.209. The van der Waals surface area contributed by atoms with E-state index in [2.05, 4.69) is 19.2 Å². The summed E-state index contributed by atoms with van der Waals surface area (Å²) in [6, 6.07) is 17.0. The molecule has 4 heteroatoms. The Morgan fingerprint density at radius 1 is 0.639 bits per heavy atom. The zero-order valence-electron chi connectivity index (χ0n) is 23.2. The van der Waals surface area contributed by atoms with Crippen LogP contribution in [0.25, 0.3) is 0 Å². The van der Waals surface area contributed by atoms with Gasteiger partial charge in [0.15, 0.2) is 0 Å². The summed E-state index contributed by atoms with van der Waals surface area (Å²) >= 11 is 0. The van der Waals surface area contributed by atoms with Gasteiger partial charge in [-0.25, -0.2) is 0 Å². The van der Waals surface area contributed by atoms with E-state index in [-0.39, 0.29) is 5.97 Å². The lowest BCUT2D eigenvalue weighted by Gasteiger charge is -2.06. The second-order valence-electron chi connectivity index (χ2n) is 9.33. The summed E-state index contributed by atoms with van der Waals surface area (Å²) in [6.07, 6.45) is 17.2. The third-order valence-electron chi connectivity index (χ3n) is 5.97. The maximum atomic E-state index is 11.3. The first kappa shape index (κ1) is 31.7. The lowest BCUT2D eigenvalue weighted by molar-refractivity contribution is -0.142. The number of rotatable bonds is 19. The predicted molar refractivity (Wildman–Crippen MR) is 153 cm³/mol. The summed E-state index contributed by atoms with van der Waals surface area (Å²) in [6.45, 7) is 9.25. The van der Waals surface area contributed by atoms with Gasteiger partial charge >= 0.3 is 5.97 Å². The van der Waals surface area contributed by atoms with Crippen LogP contribution >= 0.6 is 0 Å². The van der Waals surface area contributed by atoms with Gasteiger partial charge in [0.25, 0.3) is 0 Å². The molecule has 0 heterocycles. The number of unbranched alkanes of at least 4 members (excludes halogenated alkanes) is 10. The first-order valence-corrected chi connectivity index (χ1v) is 14.4. The molecule has 0 amide bonds. The van der Waals surface area contributed by atoms with E-state index >= 15 is 0 Å². The summed E-state index contributed by atoms with van der Waals surface area (Å²) in [7, 11) is 0. The van der Waals surface area contributed by atoms with Crippen LogP contribution in [0.5, 0.6) is 11.5 Å². The zero-order chi connectivity index (χ0) is 26.1. The van der Waals surface area contributed by atoms with Crippen LogP contribution in [0.1, 0.15) is 103 Å². The van der Waals surface area contributed by atoms with Gasteiger partial charge < -0.3 is 14.8 Å². The summed E-state index contributed by atoms with van der Waals surface area (Å²) < 4.78 is 10.6. The molecule has 202 valence electrons. The van der Waals surface area contributed by atoms with Crippen LogP contribution in [-0.2, 0) is 16.0 Å². The first-order chi connectivity index (χ1) is 17.7. The van der Waals surface area contributed by atoms with E-state index in [0.29, 0.717) is 13.0 Å². The molecule has 0 aromatic heterocycles. The Morgan fingerprint density at radius 3 is 1.67 bits per heavy atom. The molecule has 0 unspecified atom stereocenters. The minimum Gasteiger partial charge on any atom is -0.466 e. The number of carbonyl (C=O) groups is 1. The second-order valence-corrected chi connectivity index (χ2v) is 9.33. The van der Waals surface area contributed by atoms with Gasteiger partial charge in [-0.3, -0.25) is 4.79 Å². The highest BCUT2D eigenvalue weighted by atomic mass is 16.5. The summed E-state index contributed by atoms with van der Waals surface area (Å²) in [4.78, 5) is 11.3. The fourth-order valence-corrected chi connectivity index (χ4v) is 3.86. The molecule has 0 fully saturated rings. The van der Waals surface area contributed by atoms with E-state index in [0.717, 1.165) is 17.1 Å². The van der Waals surface area contributed by atoms with Crippen molar-refractivity contribution in [2.24, 2.45) is 0 Å². The molecule has 0 saturated carbocycles. The van der Waals surface area contributed by atoms with Gasteiger partial charge in [0.1, 0.15) is 11.5 Å². The van der Waals surface area contributed by atoms with Crippen LogP contribution in [0, 0.1) is 0 Å². The van der Waals surface area contributed by atoms with Crippen LogP contribution in [0.3, 0.4) is 0 Å². The van der Waals surface area contributed by atoms with E-state index in [4.69, 9.17) is 9.47 Å². The van der Waals surface area contributed by atoms with Crippen molar-refractivity contribution < 1.29 is 14.3 Å². The normalized spacial score (nSPS) is 10.4. The molecule has 2 aromatic rings. The molecule has 0 aliphatic rings. The van der Waals surface area contributed by atoms with Crippen molar-refractivity contribution in [3.8, 4) is 11.5 Å². The number of hydrogen-bond acceptors (Lipinski definition) is 4. The molecule has 0 saturated heterocycles. The topological polar surface area (TPSA) is 47.6 Å². The Bertz CT molecular complexity index is 732. The maximum Gasteiger partial charge on any atom is 0.310 e. The third kappa shape index (κ3) is 18.0. The fraction of sp³-hybridized carbons (Fsp3) is 0.594. The lowest BCUT2D eigenvalue weighted by atomic mass is 10.1. The molecule has 0 aliphatic heterocycles. The van der Waals surface area contributed by atoms with Gasteiger partial charge in [0, 0.05) is 0 Å². The van der Waals surface area contributed by atoms with Crippen molar-refractivity contribution in [1.82, 2.24) is 5.32 Å². The van der Waals surface area contributed by atoms with Crippen LogP contribution in [0.15, 0.2) is 54.6 Å². The smallest absolute Gasteiger partial charge is 0.310 e. The number of nitrogens with one attached hydrogen (secondary N) is 1. The van der Waals surface area contributed by atoms with E-state index < -0.39 is 0 Å². The van der Waals surface area contributed by atoms with Crippen molar-refractivity contribution in [3.63, 3.8) is 0 Å². The Kier molecular flexibility index (Phi) is 20.3. The van der Waals surface area contributed by atoms with Crippen molar-refractivity contribution in [3.05, 3.63) is 60.2 Å². The van der Waals surface area contributed by atoms with E-state index in [9.17, 15) is 4.79 Å². The molecule has 0 atom stereocenters. The number of hydrogen-bond donors (Lipinski definition) is 1. The fourth-order valence-electron chi connectivity index (χ4n) is 3.86. The molecule has 2 aromatic carbocycles. The Balaban J connectivity index is 0.000000363. The number of carbonyl (C=O) groups excluding carboxylic acids is 1. The van der Waals surface area contributed by atoms with Gasteiger partial charge in [0.05, 0.1) is 13.0 Å². The van der Waals surface area contributed by atoms with Crippen LogP contribution in [-0.4, -0.2) is 25.7 Å². The molecular weight excluding hydrogens is 446 g/mol. The molecule has 36 heavy (non-hydrogen) atoms. The average molecular weight is 498 g/mol. The van der Waals surface area contributed by atoms with Crippen LogP contribution in [0.2, 0.25) is 0 Å². The summed E-state index contributed by atoms with van der Waals surface area (Å²) in [5.41, 5.74) is 0.916. The van der Waals surface area contributed by atoms with Gasteiger partial charge in [-0.15, -0.1) is 0 Å². The first-order valence-electron chi connectivity index (χ1n) is 14.4. The number of esters is 1. The largest absolute Gasteiger partial charge is 0.466 e. The molecule has 0 bridgehead atoms. The summed E-state index contributed by atoms with van der Waals surface area (Å²) in [5.74, 6) is 1.33.